The van der Waals surface area contributed by atoms with Gasteiger partial charge in [0.1, 0.15) is 5.82 Å². The summed E-state index contributed by atoms with van der Waals surface area (Å²) in [5.74, 6) is 1.15. The highest BCUT2D eigenvalue weighted by Gasteiger charge is 2.35. The van der Waals surface area contributed by atoms with Crippen molar-refractivity contribution in [1.82, 2.24) is 19.4 Å². The molecule has 0 saturated carbocycles. The van der Waals surface area contributed by atoms with Crippen LogP contribution in [0.15, 0.2) is 42.7 Å². The maximum atomic E-state index is 4.50. The van der Waals surface area contributed by atoms with Crippen molar-refractivity contribution < 1.29 is 0 Å². The lowest BCUT2D eigenvalue weighted by molar-refractivity contribution is 0.174. The van der Waals surface area contributed by atoms with Crippen LogP contribution in [0.4, 0.5) is 0 Å². The Kier molecular flexibility index (Phi) is 4.60. The molecule has 2 atom stereocenters. The third kappa shape index (κ3) is 3.23. The number of benzene rings is 1. The van der Waals surface area contributed by atoms with Crippen molar-refractivity contribution in [3.63, 3.8) is 0 Å². The molecule has 1 fully saturated rings. The van der Waals surface area contributed by atoms with Crippen LogP contribution in [0.3, 0.4) is 0 Å². The van der Waals surface area contributed by atoms with Crippen molar-refractivity contribution in [3.8, 4) is 0 Å². The first kappa shape index (κ1) is 15.3. The molecule has 1 saturated heterocycles. The Bertz CT molecular complexity index is 590. The predicted octanol–water partition coefficient (Wildman–Crippen LogP) is 2.17. The fraction of sp³-hybridized carbons (Fsp3) is 0.500. The molecule has 1 aromatic heterocycles. The van der Waals surface area contributed by atoms with E-state index >= 15 is 0 Å². The van der Waals surface area contributed by atoms with E-state index in [1.807, 2.05) is 12.4 Å². The Balaban J connectivity index is 1.77. The Morgan fingerprint density at radius 1 is 1.23 bits per heavy atom. The van der Waals surface area contributed by atoms with Crippen molar-refractivity contribution in [1.29, 1.82) is 0 Å². The van der Waals surface area contributed by atoms with Crippen LogP contribution < -0.4 is 0 Å². The van der Waals surface area contributed by atoms with Gasteiger partial charge < -0.3 is 9.47 Å². The fourth-order valence-electron chi connectivity index (χ4n) is 3.55. The summed E-state index contributed by atoms with van der Waals surface area (Å²) in [5.41, 5.74) is 1.42. The van der Waals surface area contributed by atoms with Gasteiger partial charge in [-0.05, 0) is 32.5 Å². The summed E-state index contributed by atoms with van der Waals surface area (Å²) >= 11 is 0. The zero-order valence-electron chi connectivity index (χ0n) is 13.8. The van der Waals surface area contributed by atoms with Crippen LogP contribution in [-0.2, 0) is 20.0 Å². The first-order valence-corrected chi connectivity index (χ1v) is 8.06. The summed E-state index contributed by atoms with van der Waals surface area (Å²) in [5, 5.41) is 0. The minimum absolute atomic E-state index is 0.550. The van der Waals surface area contributed by atoms with Gasteiger partial charge in [-0.1, -0.05) is 30.3 Å². The van der Waals surface area contributed by atoms with Gasteiger partial charge >= 0.3 is 0 Å². The molecule has 0 amide bonds. The summed E-state index contributed by atoms with van der Waals surface area (Å²) < 4.78 is 2.13. The Morgan fingerprint density at radius 2 is 2.00 bits per heavy atom. The second-order valence-electron chi connectivity index (χ2n) is 6.50. The molecule has 0 unspecified atom stereocenters. The molecule has 4 heteroatoms. The molecule has 0 bridgehead atoms. The van der Waals surface area contributed by atoms with Gasteiger partial charge in [0.25, 0.3) is 0 Å². The number of imidazole rings is 1. The molecule has 0 N–H and O–H groups in total. The first-order chi connectivity index (χ1) is 10.6. The number of rotatable bonds is 5. The highest BCUT2D eigenvalue weighted by Crippen LogP contribution is 2.26. The molecular weight excluding hydrogens is 272 g/mol. The molecule has 3 rings (SSSR count). The molecule has 1 aliphatic rings. The van der Waals surface area contributed by atoms with E-state index in [0.29, 0.717) is 12.1 Å². The Labute approximate surface area is 133 Å². The smallest absolute Gasteiger partial charge is 0.122 e. The van der Waals surface area contributed by atoms with Gasteiger partial charge in [0.15, 0.2) is 0 Å². The normalized spacial score (nSPS) is 22.5. The molecular formula is C18H26N4. The predicted molar refractivity (Wildman–Crippen MR) is 89.6 cm³/mol. The number of hydrogen-bond acceptors (Lipinski definition) is 3. The highest BCUT2D eigenvalue weighted by molar-refractivity contribution is 5.17. The van der Waals surface area contributed by atoms with E-state index in [-0.39, 0.29) is 0 Å². The van der Waals surface area contributed by atoms with Crippen molar-refractivity contribution in [3.05, 3.63) is 54.1 Å². The number of likely N-dealkylation sites (tertiary alicyclic amines) is 1. The van der Waals surface area contributed by atoms with E-state index in [9.17, 15) is 0 Å². The van der Waals surface area contributed by atoms with Gasteiger partial charge in [-0.2, -0.15) is 0 Å². The first-order valence-electron chi connectivity index (χ1n) is 8.06. The minimum atomic E-state index is 0.550. The number of nitrogens with zero attached hydrogens (tertiary/aromatic N) is 4. The quantitative estimate of drug-likeness (QED) is 0.845. The average Bonchev–Trinajstić information content (AvgIpc) is 3.08. The van der Waals surface area contributed by atoms with Gasteiger partial charge in [0, 0.05) is 38.1 Å². The number of aryl methyl sites for hydroxylation is 1. The van der Waals surface area contributed by atoms with Crippen LogP contribution in [0.1, 0.15) is 17.8 Å². The maximum absolute atomic E-state index is 4.50. The molecule has 2 aromatic rings. The summed E-state index contributed by atoms with van der Waals surface area (Å²) in [6.07, 6.45) is 6.26. The standard InChI is InChI=1S/C18H26N4/c1-20(2)16-9-11-22(14-18-19-10-12-21(18)3)17(16)13-15-7-5-4-6-8-15/h4-8,10,12,16-17H,9,11,13-14H2,1-3H3/t16-,17+/m1/s1. The summed E-state index contributed by atoms with van der Waals surface area (Å²) in [6, 6.07) is 12.0. The lowest BCUT2D eigenvalue weighted by Gasteiger charge is -2.31. The molecule has 1 aliphatic heterocycles. The lowest BCUT2D eigenvalue weighted by Crippen LogP contribution is -2.43. The SMILES string of the molecule is CN(C)[C@@H]1CCN(Cc2nccn2C)[C@H]1Cc1ccccc1. The van der Waals surface area contributed by atoms with Crippen molar-refractivity contribution in [2.45, 2.75) is 31.5 Å². The minimum Gasteiger partial charge on any atom is -0.337 e. The van der Waals surface area contributed by atoms with Crippen LogP contribution in [0, 0.1) is 0 Å². The van der Waals surface area contributed by atoms with Gasteiger partial charge in [-0.25, -0.2) is 4.98 Å². The van der Waals surface area contributed by atoms with Crippen molar-refractivity contribution in [2.75, 3.05) is 20.6 Å². The zero-order valence-corrected chi connectivity index (χ0v) is 13.8. The molecule has 0 spiro atoms. The van der Waals surface area contributed by atoms with Crippen LogP contribution >= 0.6 is 0 Å². The molecule has 0 radical (unpaired) electrons. The van der Waals surface area contributed by atoms with Crippen LogP contribution in [0.2, 0.25) is 0 Å². The topological polar surface area (TPSA) is 24.3 Å². The maximum Gasteiger partial charge on any atom is 0.122 e. The van der Waals surface area contributed by atoms with Gasteiger partial charge in [0.05, 0.1) is 6.54 Å². The van der Waals surface area contributed by atoms with Crippen LogP contribution in [0.5, 0.6) is 0 Å². The van der Waals surface area contributed by atoms with Gasteiger partial charge in [-0.3, -0.25) is 4.90 Å². The summed E-state index contributed by atoms with van der Waals surface area (Å²) in [6.45, 7) is 2.08. The number of hydrogen-bond donors (Lipinski definition) is 0. The van der Waals surface area contributed by atoms with E-state index < -0.39 is 0 Å². The molecule has 4 nitrogen and oxygen atoms in total. The molecule has 0 aliphatic carbocycles. The lowest BCUT2D eigenvalue weighted by atomic mass is 9.99. The third-order valence-electron chi connectivity index (χ3n) is 4.84. The van der Waals surface area contributed by atoms with E-state index in [4.69, 9.17) is 0 Å². The third-order valence-corrected chi connectivity index (χ3v) is 4.84. The van der Waals surface area contributed by atoms with E-state index in [2.05, 4.69) is 70.8 Å². The van der Waals surface area contributed by atoms with Crippen LogP contribution in [0.25, 0.3) is 0 Å². The van der Waals surface area contributed by atoms with Gasteiger partial charge in [-0.15, -0.1) is 0 Å². The monoisotopic (exact) mass is 298 g/mol. The van der Waals surface area contributed by atoms with E-state index in [0.717, 1.165) is 25.3 Å². The summed E-state index contributed by atoms with van der Waals surface area (Å²) in [4.78, 5) is 9.48. The second-order valence-corrected chi connectivity index (χ2v) is 6.50. The second kappa shape index (κ2) is 6.63. The van der Waals surface area contributed by atoms with Gasteiger partial charge in [0.2, 0.25) is 0 Å². The molecule has 2 heterocycles. The number of aromatic nitrogens is 2. The number of likely N-dealkylation sites (N-methyl/N-ethyl adjacent to an activating group) is 1. The zero-order chi connectivity index (χ0) is 15.5. The molecule has 118 valence electrons. The van der Waals surface area contributed by atoms with Crippen LogP contribution in [-0.4, -0.2) is 52.1 Å². The van der Waals surface area contributed by atoms with Crippen molar-refractivity contribution in [2.24, 2.45) is 7.05 Å². The highest BCUT2D eigenvalue weighted by atomic mass is 15.3. The fourth-order valence-corrected chi connectivity index (χ4v) is 3.55. The van der Waals surface area contributed by atoms with E-state index in [1.54, 1.807) is 0 Å². The Morgan fingerprint density at radius 3 is 2.64 bits per heavy atom. The Hall–Kier alpha value is -1.65. The van der Waals surface area contributed by atoms with E-state index in [1.165, 1.54) is 12.0 Å². The molecule has 22 heavy (non-hydrogen) atoms. The van der Waals surface area contributed by atoms with Crippen molar-refractivity contribution >= 4 is 0 Å². The molecule has 1 aromatic carbocycles. The largest absolute Gasteiger partial charge is 0.337 e. The summed E-state index contributed by atoms with van der Waals surface area (Å²) in [7, 11) is 6.48. The average molecular weight is 298 g/mol.